The van der Waals surface area contributed by atoms with Crippen molar-refractivity contribution in [1.82, 2.24) is 4.57 Å². The molecule has 1 heterocycles. The van der Waals surface area contributed by atoms with Crippen LogP contribution in [0.15, 0.2) is 53.5 Å². The molecule has 0 amide bonds. The largest absolute Gasteiger partial charge is 0.507 e. The number of carbonyl (C=O) groups is 1. The van der Waals surface area contributed by atoms with Crippen LogP contribution < -0.4 is 0 Å². The number of hydrogen-bond acceptors (Lipinski definition) is 3. The summed E-state index contributed by atoms with van der Waals surface area (Å²) in [6, 6.07) is 12.3. The summed E-state index contributed by atoms with van der Waals surface area (Å²) >= 11 is 0. The van der Waals surface area contributed by atoms with Crippen molar-refractivity contribution in [2.24, 2.45) is 4.99 Å². The van der Waals surface area contributed by atoms with Crippen LogP contribution in [0.25, 0.3) is 5.69 Å². The first-order valence-electron chi connectivity index (χ1n) is 7.92. The van der Waals surface area contributed by atoms with Gasteiger partial charge in [-0.2, -0.15) is 0 Å². The third-order valence-electron chi connectivity index (χ3n) is 4.12. The molecule has 0 saturated carbocycles. The lowest BCUT2D eigenvalue weighted by molar-refractivity contribution is 0.0694. The molecular weight excluding hydrogens is 335 g/mol. The van der Waals surface area contributed by atoms with E-state index in [2.05, 4.69) is 4.99 Å². The number of nitrogens with zero attached hydrogens (tertiary/aromatic N) is 2. The van der Waals surface area contributed by atoms with Crippen LogP contribution in [0.5, 0.6) is 5.75 Å². The van der Waals surface area contributed by atoms with Crippen molar-refractivity contribution in [2.45, 2.75) is 13.8 Å². The molecule has 26 heavy (non-hydrogen) atoms. The predicted octanol–water partition coefficient (Wildman–Crippen LogP) is 4.39. The first-order valence-corrected chi connectivity index (χ1v) is 7.92. The maximum atomic E-state index is 13.1. The van der Waals surface area contributed by atoms with Gasteiger partial charge in [0.1, 0.15) is 17.1 Å². The smallest absolute Gasteiger partial charge is 0.339 e. The van der Waals surface area contributed by atoms with Crippen molar-refractivity contribution in [1.29, 1.82) is 0 Å². The van der Waals surface area contributed by atoms with E-state index in [0.717, 1.165) is 22.6 Å². The number of hydrogen-bond donors (Lipinski definition) is 2. The molecular formula is C20H17FN2O3. The van der Waals surface area contributed by atoms with Gasteiger partial charge in [-0.05, 0) is 62.4 Å². The fourth-order valence-electron chi connectivity index (χ4n) is 2.83. The molecule has 2 N–H and O–H groups in total. The third-order valence-corrected chi connectivity index (χ3v) is 4.12. The van der Waals surface area contributed by atoms with Crippen LogP contribution in [0, 0.1) is 19.7 Å². The maximum absolute atomic E-state index is 13.1. The molecule has 1 aromatic heterocycles. The fourth-order valence-corrected chi connectivity index (χ4v) is 2.83. The lowest BCUT2D eigenvalue weighted by atomic mass is 10.2. The van der Waals surface area contributed by atoms with E-state index in [9.17, 15) is 14.3 Å². The summed E-state index contributed by atoms with van der Waals surface area (Å²) in [7, 11) is 0. The summed E-state index contributed by atoms with van der Waals surface area (Å²) in [4.78, 5) is 15.4. The summed E-state index contributed by atoms with van der Waals surface area (Å²) in [5, 5.41) is 18.6. The second-order valence-corrected chi connectivity index (χ2v) is 5.90. The second-order valence-electron chi connectivity index (χ2n) is 5.90. The molecule has 0 radical (unpaired) electrons. The Labute approximate surface area is 149 Å². The zero-order valence-corrected chi connectivity index (χ0v) is 14.3. The Balaban J connectivity index is 1.95. The highest BCUT2D eigenvalue weighted by molar-refractivity contribution is 5.92. The van der Waals surface area contributed by atoms with Crippen LogP contribution in [-0.2, 0) is 0 Å². The number of halogens is 1. The molecule has 0 unspecified atom stereocenters. The number of carboxylic acid groups (broad SMARTS) is 1. The van der Waals surface area contributed by atoms with Crippen LogP contribution in [-0.4, -0.2) is 27.0 Å². The van der Waals surface area contributed by atoms with Gasteiger partial charge in [-0.25, -0.2) is 9.18 Å². The number of aliphatic imine (C=N–C) groups is 1. The molecule has 3 aromatic rings. The average molecular weight is 352 g/mol. The topological polar surface area (TPSA) is 74.8 Å². The molecule has 0 saturated heterocycles. The number of phenols is 1. The predicted molar refractivity (Wildman–Crippen MR) is 97.5 cm³/mol. The van der Waals surface area contributed by atoms with Gasteiger partial charge >= 0.3 is 5.97 Å². The molecule has 6 heteroatoms. The van der Waals surface area contributed by atoms with Gasteiger partial charge in [0.25, 0.3) is 0 Å². The Morgan fingerprint density at radius 1 is 1.12 bits per heavy atom. The SMILES string of the molecule is Cc1cc(C=Nc2ccc(O)c(C(=O)O)c2)c(C)n1-c1ccc(F)cc1. The van der Waals surface area contributed by atoms with Crippen molar-refractivity contribution in [2.75, 3.05) is 0 Å². The number of carboxylic acids is 1. The minimum absolute atomic E-state index is 0.198. The molecule has 132 valence electrons. The Hall–Kier alpha value is -3.41. The van der Waals surface area contributed by atoms with Crippen LogP contribution in [0.2, 0.25) is 0 Å². The van der Waals surface area contributed by atoms with Crippen molar-refractivity contribution in [3.8, 4) is 11.4 Å². The number of aromatic hydroxyl groups is 1. The van der Waals surface area contributed by atoms with Gasteiger partial charge in [0.15, 0.2) is 0 Å². The van der Waals surface area contributed by atoms with E-state index in [-0.39, 0.29) is 17.1 Å². The standard InChI is InChI=1S/C20H17FN2O3/c1-12-9-14(13(2)23(12)17-6-3-15(21)4-7-17)11-22-16-5-8-19(24)18(10-16)20(25)26/h3-11,24H,1-2H3,(H,25,26). The van der Waals surface area contributed by atoms with E-state index in [1.807, 2.05) is 24.5 Å². The molecule has 5 nitrogen and oxygen atoms in total. The molecule has 0 fully saturated rings. The molecule has 0 aliphatic carbocycles. The molecule has 0 bridgehead atoms. The molecule has 0 spiro atoms. The lowest BCUT2D eigenvalue weighted by Gasteiger charge is -2.09. The van der Waals surface area contributed by atoms with Gasteiger partial charge < -0.3 is 14.8 Å². The third kappa shape index (κ3) is 3.35. The number of aromatic carboxylic acids is 1. The van der Waals surface area contributed by atoms with Crippen molar-refractivity contribution >= 4 is 17.9 Å². The van der Waals surface area contributed by atoms with E-state index < -0.39 is 5.97 Å². The van der Waals surface area contributed by atoms with Crippen LogP contribution >= 0.6 is 0 Å². The highest BCUT2D eigenvalue weighted by Crippen LogP contribution is 2.24. The average Bonchev–Trinajstić information content (AvgIpc) is 2.89. The summed E-state index contributed by atoms with van der Waals surface area (Å²) < 4.78 is 15.1. The quantitative estimate of drug-likeness (QED) is 0.684. The zero-order chi connectivity index (χ0) is 18.8. The Kier molecular flexibility index (Phi) is 4.58. The summed E-state index contributed by atoms with van der Waals surface area (Å²) in [5.74, 6) is -1.81. The molecule has 0 aliphatic rings. The van der Waals surface area contributed by atoms with Crippen LogP contribution in [0.1, 0.15) is 27.3 Å². The van der Waals surface area contributed by atoms with Gasteiger partial charge in [-0.3, -0.25) is 4.99 Å². The van der Waals surface area contributed by atoms with Gasteiger partial charge in [0, 0.05) is 28.9 Å². The van der Waals surface area contributed by atoms with Gasteiger partial charge in [-0.1, -0.05) is 0 Å². The monoisotopic (exact) mass is 352 g/mol. The highest BCUT2D eigenvalue weighted by atomic mass is 19.1. The van der Waals surface area contributed by atoms with Crippen LogP contribution in [0.4, 0.5) is 10.1 Å². The fraction of sp³-hybridized carbons (Fsp3) is 0.100. The number of rotatable bonds is 4. The van der Waals surface area contributed by atoms with Crippen molar-refractivity contribution in [3.05, 3.63) is 76.9 Å². The first-order chi connectivity index (χ1) is 12.4. The summed E-state index contributed by atoms with van der Waals surface area (Å²) in [5.41, 5.74) is 3.82. The Bertz CT molecular complexity index is 1000. The Morgan fingerprint density at radius 2 is 1.81 bits per heavy atom. The summed E-state index contributed by atoms with van der Waals surface area (Å²) in [6.07, 6.45) is 1.64. The number of benzene rings is 2. The minimum Gasteiger partial charge on any atom is -0.507 e. The van der Waals surface area contributed by atoms with E-state index in [1.165, 1.54) is 30.3 Å². The van der Waals surface area contributed by atoms with E-state index >= 15 is 0 Å². The van der Waals surface area contributed by atoms with E-state index in [4.69, 9.17) is 5.11 Å². The van der Waals surface area contributed by atoms with Crippen molar-refractivity contribution in [3.63, 3.8) is 0 Å². The molecule has 0 aliphatic heterocycles. The van der Waals surface area contributed by atoms with Crippen LogP contribution in [0.3, 0.4) is 0 Å². The first kappa shape index (κ1) is 17.4. The summed E-state index contributed by atoms with van der Waals surface area (Å²) in [6.45, 7) is 3.87. The highest BCUT2D eigenvalue weighted by Gasteiger charge is 2.11. The molecule has 3 rings (SSSR count). The maximum Gasteiger partial charge on any atom is 0.339 e. The number of aromatic nitrogens is 1. The van der Waals surface area contributed by atoms with E-state index in [1.54, 1.807) is 18.3 Å². The lowest BCUT2D eigenvalue weighted by Crippen LogP contribution is -1.99. The zero-order valence-electron chi connectivity index (χ0n) is 14.3. The number of aryl methyl sites for hydroxylation is 1. The normalized spacial score (nSPS) is 11.2. The second kappa shape index (κ2) is 6.84. The minimum atomic E-state index is -1.21. The van der Waals surface area contributed by atoms with Crippen molar-refractivity contribution < 1.29 is 19.4 Å². The van der Waals surface area contributed by atoms with Gasteiger partial charge in [0.05, 0.1) is 5.69 Å². The van der Waals surface area contributed by atoms with Gasteiger partial charge in [0.2, 0.25) is 0 Å². The molecule has 2 aromatic carbocycles. The van der Waals surface area contributed by atoms with E-state index in [0.29, 0.717) is 5.69 Å². The Morgan fingerprint density at radius 3 is 2.46 bits per heavy atom. The molecule has 0 atom stereocenters. The van der Waals surface area contributed by atoms with Gasteiger partial charge in [-0.15, -0.1) is 0 Å².